The van der Waals surface area contributed by atoms with Crippen molar-refractivity contribution < 1.29 is 14.1 Å². The van der Waals surface area contributed by atoms with Crippen LogP contribution in [0.4, 0.5) is 5.69 Å². The summed E-state index contributed by atoms with van der Waals surface area (Å²) >= 11 is 5.82. The molecule has 0 spiro atoms. The fourth-order valence-electron chi connectivity index (χ4n) is 2.46. The van der Waals surface area contributed by atoms with Gasteiger partial charge in [0.2, 0.25) is 11.7 Å². The average Bonchev–Trinajstić information content (AvgIpc) is 3.38. The summed E-state index contributed by atoms with van der Waals surface area (Å²) in [6.07, 6.45) is 2.21. The van der Waals surface area contributed by atoms with Crippen LogP contribution in [-0.2, 0) is 4.79 Å². The minimum absolute atomic E-state index is 0.0973. The van der Waals surface area contributed by atoms with Crippen molar-refractivity contribution in [2.24, 2.45) is 0 Å². The number of hydrogen-bond donors (Lipinski definition) is 1. The molecule has 26 heavy (non-hydrogen) atoms. The molecule has 1 aliphatic carbocycles. The number of halogens is 1. The van der Waals surface area contributed by atoms with Gasteiger partial charge in [-0.3, -0.25) is 4.79 Å². The zero-order valence-corrected chi connectivity index (χ0v) is 14.6. The lowest BCUT2D eigenvalue weighted by Gasteiger charge is -2.08. The molecule has 132 valence electrons. The molecule has 1 aromatic heterocycles. The van der Waals surface area contributed by atoms with Gasteiger partial charge in [0, 0.05) is 22.2 Å². The Morgan fingerprint density at radius 2 is 2.04 bits per heavy atom. The molecular weight excluding hydrogens is 354 g/mol. The third kappa shape index (κ3) is 4.03. The standard InChI is InChI=1S/C19H16ClN3O3/c20-14-6-8-16(9-7-14)25-11-17(24)21-15-3-1-2-13(10-15)18-22-19(26-23-18)12-4-5-12/h1-3,6-10,12H,4-5,11H2,(H,21,24). The maximum Gasteiger partial charge on any atom is 0.262 e. The van der Waals surface area contributed by atoms with E-state index in [4.69, 9.17) is 20.9 Å². The summed E-state index contributed by atoms with van der Waals surface area (Å²) < 4.78 is 10.7. The summed E-state index contributed by atoms with van der Waals surface area (Å²) in [5.41, 5.74) is 1.43. The Kier molecular flexibility index (Phi) is 4.58. The van der Waals surface area contributed by atoms with Crippen LogP contribution in [0.2, 0.25) is 5.02 Å². The van der Waals surface area contributed by atoms with Crippen LogP contribution >= 0.6 is 11.6 Å². The van der Waals surface area contributed by atoms with Gasteiger partial charge in [-0.15, -0.1) is 0 Å². The molecule has 3 aromatic rings. The number of nitrogens with zero attached hydrogens (tertiary/aromatic N) is 2. The van der Waals surface area contributed by atoms with Crippen molar-refractivity contribution in [1.29, 1.82) is 0 Å². The van der Waals surface area contributed by atoms with Crippen molar-refractivity contribution in [2.45, 2.75) is 18.8 Å². The molecule has 0 radical (unpaired) electrons. The summed E-state index contributed by atoms with van der Waals surface area (Å²) in [4.78, 5) is 16.5. The van der Waals surface area contributed by atoms with Crippen LogP contribution in [0.3, 0.4) is 0 Å². The number of carbonyl (C=O) groups is 1. The van der Waals surface area contributed by atoms with Gasteiger partial charge < -0.3 is 14.6 Å². The second-order valence-corrected chi connectivity index (χ2v) is 6.54. The number of carbonyl (C=O) groups excluding carboxylic acids is 1. The highest BCUT2D eigenvalue weighted by Crippen LogP contribution is 2.39. The first kappa shape index (κ1) is 16.6. The molecule has 1 N–H and O–H groups in total. The van der Waals surface area contributed by atoms with Gasteiger partial charge in [-0.1, -0.05) is 28.9 Å². The number of benzene rings is 2. The minimum atomic E-state index is -0.260. The second kappa shape index (κ2) is 7.17. The molecule has 6 nitrogen and oxygen atoms in total. The molecule has 0 saturated heterocycles. The zero-order chi connectivity index (χ0) is 17.9. The molecule has 1 heterocycles. The lowest BCUT2D eigenvalue weighted by Crippen LogP contribution is -2.20. The summed E-state index contributed by atoms with van der Waals surface area (Å²) in [5.74, 6) is 1.94. The molecule has 0 bridgehead atoms. The Labute approximate surface area is 155 Å². The maximum absolute atomic E-state index is 12.1. The van der Waals surface area contributed by atoms with E-state index in [1.807, 2.05) is 18.2 Å². The SMILES string of the molecule is O=C(COc1ccc(Cl)cc1)Nc1cccc(-c2noc(C3CC3)n2)c1. The van der Waals surface area contributed by atoms with E-state index in [2.05, 4.69) is 15.5 Å². The monoisotopic (exact) mass is 369 g/mol. The highest BCUT2D eigenvalue weighted by atomic mass is 35.5. The van der Waals surface area contributed by atoms with E-state index in [0.717, 1.165) is 18.4 Å². The largest absolute Gasteiger partial charge is 0.484 e. The number of rotatable bonds is 6. The number of ether oxygens (including phenoxy) is 1. The molecule has 1 fully saturated rings. The van der Waals surface area contributed by atoms with Crippen LogP contribution in [0.5, 0.6) is 5.75 Å². The van der Waals surface area contributed by atoms with Crippen molar-refractivity contribution in [3.63, 3.8) is 0 Å². The van der Waals surface area contributed by atoms with Crippen molar-refractivity contribution in [1.82, 2.24) is 10.1 Å². The van der Waals surface area contributed by atoms with Gasteiger partial charge in [-0.05, 0) is 49.2 Å². The number of hydrogen-bond acceptors (Lipinski definition) is 5. The molecule has 4 rings (SSSR count). The van der Waals surface area contributed by atoms with Gasteiger partial charge in [0.25, 0.3) is 5.91 Å². The summed E-state index contributed by atoms with van der Waals surface area (Å²) in [7, 11) is 0. The van der Waals surface area contributed by atoms with E-state index < -0.39 is 0 Å². The van der Waals surface area contributed by atoms with E-state index in [1.165, 1.54) is 0 Å². The third-order valence-electron chi connectivity index (χ3n) is 3.96. The van der Waals surface area contributed by atoms with Crippen LogP contribution in [-0.4, -0.2) is 22.7 Å². The Morgan fingerprint density at radius 3 is 2.81 bits per heavy atom. The first-order chi connectivity index (χ1) is 12.7. The molecule has 1 amide bonds. The zero-order valence-electron chi connectivity index (χ0n) is 13.8. The Balaban J connectivity index is 1.38. The van der Waals surface area contributed by atoms with Gasteiger partial charge in [0.15, 0.2) is 6.61 Å². The van der Waals surface area contributed by atoms with E-state index in [1.54, 1.807) is 30.3 Å². The Bertz CT molecular complexity index is 920. The minimum Gasteiger partial charge on any atom is -0.484 e. The van der Waals surface area contributed by atoms with Crippen LogP contribution < -0.4 is 10.1 Å². The van der Waals surface area contributed by atoms with Gasteiger partial charge >= 0.3 is 0 Å². The molecule has 7 heteroatoms. The number of amides is 1. The van der Waals surface area contributed by atoms with E-state index in [-0.39, 0.29) is 12.5 Å². The topological polar surface area (TPSA) is 77.2 Å². The number of anilines is 1. The van der Waals surface area contributed by atoms with E-state index >= 15 is 0 Å². The van der Waals surface area contributed by atoms with Crippen molar-refractivity contribution in [3.8, 4) is 17.1 Å². The third-order valence-corrected chi connectivity index (χ3v) is 4.21. The number of aromatic nitrogens is 2. The van der Waals surface area contributed by atoms with Crippen LogP contribution in [0.25, 0.3) is 11.4 Å². The molecule has 1 aliphatic rings. The molecule has 2 aromatic carbocycles. The number of nitrogens with one attached hydrogen (secondary N) is 1. The Morgan fingerprint density at radius 1 is 1.23 bits per heavy atom. The fourth-order valence-corrected chi connectivity index (χ4v) is 2.59. The fraction of sp³-hybridized carbons (Fsp3) is 0.211. The van der Waals surface area contributed by atoms with Crippen molar-refractivity contribution >= 4 is 23.2 Å². The average molecular weight is 370 g/mol. The molecule has 0 aliphatic heterocycles. The quantitative estimate of drug-likeness (QED) is 0.701. The molecule has 1 saturated carbocycles. The molecule has 0 atom stereocenters. The Hall–Kier alpha value is -2.86. The summed E-state index contributed by atoms with van der Waals surface area (Å²) in [6, 6.07) is 14.2. The van der Waals surface area contributed by atoms with Crippen LogP contribution in [0, 0.1) is 0 Å². The van der Waals surface area contributed by atoms with Gasteiger partial charge in [0.1, 0.15) is 5.75 Å². The lowest BCUT2D eigenvalue weighted by molar-refractivity contribution is -0.118. The normalized spacial score (nSPS) is 13.4. The van der Waals surface area contributed by atoms with E-state index in [9.17, 15) is 4.79 Å². The first-order valence-corrected chi connectivity index (χ1v) is 8.67. The van der Waals surface area contributed by atoms with Crippen molar-refractivity contribution in [3.05, 3.63) is 59.4 Å². The van der Waals surface area contributed by atoms with E-state index in [0.29, 0.717) is 34.1 Å². The summed E-state index contributed by atoms with van der Waals surface area (Å²) in [6.45, 7) is -0.0973. The van der Waals surface area contributed by atoms with Crippen molar-refractivity contribution in [2.75, 3.05) is 11.9 Å². The first-order valence-electron chi connectivity index (χ1n) is 8.29. The predicted octanol–water partition coefficient (Wildman–Crippen LogP) is 4.28. The van der Waals surface area contributed by atoms with Gasteiger partial charge in [-0.2, -0.15) is 4.98 Å². The van der Waals surface area contributed by atoms with Crippen LogP contribution in [0.1, 0.15) is 24.7 Å². The predicted molar refractivity (Wildman–Crippen MR) is 97.3 cm³/mol. The highest BCUT2D eigenvalue weighted by Gasteiger charge is 2.29. The lowest BCUT2D eigenvalue weighted by atomic mass is 10.2. The summed E-state index contributed by atoms with van der Waals surface area (Å²) in [5, 5.41) is 7.43. The van der Waals surface area contributed by atoms with Gasteiger partial charge in [-0.25, -0.2) is 0 Å². The smallest absolute Gasteiger partial charge is 0.262 e. The molecular formula is C19H16ClN3O3. The van der Waals surface area contributed by atoms with Gasteiger partial charge in [0.05, 0.1) is 0 Å². The highest BCUT2D eigenvalue weighted by molar-refractivity contribution is 6.30. The van der Waals surface area contributed by atoms with Crippen LogP contribution in [0.15, 0.2) is 53.1 Å². The molecule has 0 unspecified atom stereocenters. The second-order valence-electron chi connectivity index (χ2n) is 6.10. The maximum atomic E-state index is 12.1.